The van der Waals surface area contributed by atoms with Gasteiger partial charge in [0.2, 0.25) is 6.23 Å². The van der Waals surface area contributed by atoms with Crippen LogP contribution < -0.4 is 5.32 Å². The van der Waals surface area contributed by atoms with Gasteiger partial charge in [-0.1, -0.05) is 11.6 Å². The lowest BCUT2D eigenvalue weighted by Crippen LogP contribution is -2.28. The van der Waals surface area contributed by atoms with Crippen LogP contribution in [0.25, 0.3) is 0 Å². The van der Waals surface area contributed by atoms with Gasteiger partial charge < -0.3 is 15.5 Å². The van der Waals surface area contributed by atoms with Crippen molar-refractivity contribution in [3.8, 4) is 0 Å². The quantitative estimate of drug-likeness (QED) is 0.642. The molecular formula is C8H8ClNO3. The molecule has 1 atom stereocenters. The average Bonchev–Trinajstić information content (AvgIpc) is 2.08. The minimum atomic E-state index is -1.60. The number of aliphatic hydroxyl groups excluding tert-OH is 1. The van der Waals surface area contributed by atoms with Gasteiger partial charge in [-0.15, -0.1) is 0 Å². The molecule has 0 aliphatic rings. The molecule has 1 rings (SSSR count). The second-order valence-corrected chi connectivity index (χ2v) is 2.83. The first kappa shape index (κ1) is 9.83. The van der Waals surface area contributed by atoms with Gasteiger partial charge >= 0.3 is 5.97 Å². The SMILES string of the molecule is O=C(O)C(O)Nc1ccc(Cl)cc1. The Labute approximate surface area is 79.8 Å². The number of nitrogens with one attached hydrogen (secondary N) is 1. The second-order valence-electron chi connectivity index (χ2n) is 2.39. The number of halogens is 1. The molecule has 1 aromatic rings. The van der Waals surface area contributed by atoms with Crippen LogP contribution in [0.1, 0.15) is 0 Å². The number of anilines is 1. The maximum Gasteiger partial charge on any atom is 0.353 e. The molecule has 0 aliphatic heterocycles. The average molecular weight is 202 g/mol. The van der Waals surface area contributed by atoms with Gasteiger partial charge in [0.05, 0.1) is 0 Å². The normalized spacial score (nSPS) is 12.2. The van der Waals surface area contributed by atoms with Crippen LogP contribution in [-0.4, -0.2) is 22.4 Å². The van der Waals surface area contributed by atoms with Gasteiger partial charge in [0.25, 0.3) is 0 Å². The summed E-state index contributed by atoms with van der Waals surface area (Å²) in [6.07, 6.45) is -1.60. The minimum Gasteiger partial charge on any atom is -0.478 e. The molecule has 0 fully saturated rings. The molecule has 0 aliphatic carbocycles. The summed E-state index contributed by atoms with van der Waals surface area (Å²) in [7, 11) is 0. The smallest absolute Gasteiger partial charge is 0.353 e. The number of hydrogen-bond acceptors (Lipinski definition) is 3. The van der Waals surface area contributed by atoms with Crippen LogP contribution in [0.2, 0.25) is 5.02 Å². The molecule has 0 amide bonds. The standard InChI is InChI=1S/C8H8ClNO3/c9-5-1-3-6(4-2-5)10-7(11)8(12)13/h1-4,7,10-11H,(H,12,13). The summed E-state index contributed by atoms with van der Waals surface area (Å²) in [4.78, 5) is 10.2. The molecule has 0 saturated heterocycles. The maximum absolute atomic E-state index is 10.2. The summed E-state index contributed by atoms with van der Waals surface area (Å²) in [5.41, 5.74) is 0.499. The summed E-state index contributed by atoms with van der Waals surface area (Å²) >= 11 is 5.60. The monoisotopic (exact) mass is 201 g/mol. The van der Waals surface area contributed by atoms with Crippen LogP contribution >= 0.6 is 11.6 Å². The number of benzene rings is 1. The van der Waals surface area contributed by atoms with E-state index in [9.17, 15) is 4.79 Å². The number of carbonyl (C=O) groups is 1. The largest absolute Gasteiger partial charge is 0.478 e. The van der Waals surface area contributed by atoms with Crippen LogP contribution in [0.15, 0.2) is 24.3 Å². The molecule has 0 bridgehead atoms. The zero-order valence-electron chi connectivity index (χ0n) is 6.57. The van der Waals surface area contributed by atoms with Crippen molar-refractivity contribution in [3.63, 3.8) is 0 Å². The van der Waals surface area contributed by atoms with E-state index in [-0.39, 0.29) is 0 Å². The Morgan fingerprint density at radius 2 is 1.92 bits per heavy atom. The second kappa shape index (κ2) is 4.11. The fourth-order valence-corrected chi connectivity index (χ4v) is 0.892. The highest BCUT2D eigenvalue weighted by Gasteiger charge is 2.11. The molecule has 1 aromatic carbocycles. The molecular weight excluding hydrogens is 194 g/mol. The molecule has 0 heterocycles. The van der Waals surface area contributed by atoms with Crippen molar-refractivity contribution in [1.29, 1.82) is 0 Å². The highest BCUT2D eigenvalue weighted by Crippen LogP contribution is 2.13. The number of aliphatic hydroxyl groups is 1. The number of carboxylic acid groups (broad SMARTS) is 1. The molecule has 5 heteroatoms. The molecule has 70 valence electrons. The van der Waals surface area contributed by atoms with E-state index in [1.807, 2.05) is 0 Å². The Hall–Kier alpha value is -1.26. The number of rotatable bonds is 3. The molecule has 13 heavy (non-hydrogen) atoms. The van der Waals surface area contributed by atoms with Crippen LogP contribution in [0.5, 0.6) is 0 Å². The zero-order valence-corrected chi connectivity index (χ0v) is 7.32. The first-order chi connectivity index (χ1) is 6.09. The molecule has 0 aromatic heterocycles. The Balaban J connectivity index is 2.64. The van der Waals surface area contributed by atoms with E-state index in [4.69, 9.17) is 21.8 Å². The summed E-state index contributed by atoms with van der Waals surface area (Å²) in [6, 6.07) is 6.35. The molecule has 3 N–H and O–H groups in total. The fraction of sp³-hybridized carbons (Fsp3) is 0.125. The Morgan fingerprint density at radius 1 is 1.38 bits per heavy atom. The van der Waals surface area contributed by atoms with Gasteiger partial charge in [0, 0.05) is 10.7 Å². The lowest BCUT2D eigenvalue weighted by molar-refractivity contribution is -0.145. The van der Waals surface area contributed by atoms with Gasteiger partial charge in [-0.3, -0.25) is 0 Å². The summed E-state index contributed by atoms with van der Waals surface area (Å²) in [5, 5.41) is 20.2. The molecule has 4 nitrogen and oxygen atoms in total. The summed E-state index contributed by atoms with van der Waals surface area (Å²) in [5.74, 6) is -1.32. The van der Waals surface area contributed by atoms with E-state index in [0.29, 0.717) is 10.7 Å². The van der Waals surface area contributed by atoms with Crippen molar-refractivity contribution < 1.29 is 15.0 Å². The van der Waals surface area contributed by atoms with Gasteiger partial charge in [-0.25, -0.2) is 4.79 Å². The van der Waals surface area contributed by atoms with E-state index in [0.717, 1.165) is 0 Å². The third-order valence-corrected chi connectivity index (χ3v) is 1.63. The maximum atomic E-state index is 10.2. The molecule has 0 radical (unpaired) electrons. The lowest BCUT2D eigenvalue weighted by atomic mass is 10.3. The van der Waals surface area contributed by atoms with Crippen molar-refractivity contribution in [1.82, 2.24) is 0 Å². The van der Waals surface area contributed by atoms with Crippen molar-refractivity contribution in [3.05, 3.63) is 29.3 Å². The van der Waals surface area contributed by atoms with E-state index in [2.05, 4.69) is 5.32 Å². The third kappa shape index (κ3) is 2.93. The van der Waals surface area contributed by atoms with E-state index in [1.165, 1.54) is 0 Å². The predicted octanol–water partition coefficient (Wildman–Crippen LogP) is 1.15. The minimum absolute atomic E-state index is 0.499. The van der Waals surface area contributed by atoms with Crippen molar-refractivity contribution in [2.75, 3.05) is 5.32 Å². The lowest BCUT2D eigenvalue weighted by Gasteiger charge is -2.08. The molecule has 0 spiro atoms. The summed E-state index contributed by atoms with van der Waals surface area (Å²) in [6.45, 7) is 0. The third-order valence-electron chi connectivity index (χ3n) is 1.38. The number of hydrogen-bond donors (Lipinski definition) is 3. The van der Waals surface area contributed by atoms with E-state index in [1.54, 1.807) is 24.3 Å². The Morgan fingerprint density at radius 3 is 2.38 bits per heavy atom. The Bertz CT molecular complexity index is 299. The van der Waals surface area contributed by atoms with Gasteiger partial charge in [-0.05, 0) is 24.3 Å². The Kier molecular flexibility index (Phi) is 3.11. The molecule has 1 unspecified atom stereocenters. The fourth-order valence-electron chi connectivity index (χ4n) is 0.766. The van der Waals surface area contributed by atoms with Crippen LogP contribution in [0, 0.1) is 0 Å². The van der Waals surface area contributed by atoms with Crippen molar-refractivity contribution >= 4 is 23.3 Å². The highest BCUT2D eigenvalue weighted by molar-refractivity contribution is 6.30. The van der Waals surface area contributed by atoms with Crippen LogP contribution in [0.3, 0.4) is 0 Å². The first-order valence-electron chi connectivity index (χ1n) is 3.52. The van der Waals surface area contributed by atoms with E-state index >= 15 is 0 Å². The van der Waals surface area contributed by atoms with Gasteiger partial charge in [-0.2, -0.15) is 0 Å². The van der Waals surface area contributed by atoms with E-state index < -0.39 is 12.2 Å². The van der Waals surface area contributed by atoms with Crippen LogP contribution in [0.4, 0.5) is 5.69 Å². The van der Waals surface area contributed by atoms with Crippen molar-refractivity contribution in [2.24, 2.45) is 0 Å². The topological polar surface area (TPSA) is 69.6 Å². The molecule has 0 saturated carbocycles. The van der Waals surface area contributed by atoms with Gasteiger partial charge in [0.15, 0.2) is 0 Å². The zero-order chi connectivity index (χ0) is 9.84. The van der Waals surface area contributed by atoms with Crippen molar-refractivity contribution in [2.45, 2.75) is 6.23 Å². The highest BCUT2D eigenvalue weighted by atomic mass is 35.5. The summed E-state index contributed by atoms with van der Waals surface area (Å²) < 4.78 is 0. The predicted molar refractivity (Wildman–Crippen MR) is 48.7 cm³/mol. The number of aliphatic carboxylic acids is 1. The first-order valence-corrected chi connectivity index (χ1v) is 3.90. The van der Waals surface area contributed by atoms with Crippen LogP contribution in [-0.2, 0) is 4.79 Å². The number of carboxylic acids is 1. The van der Waals surface area contributed by atoms with Gasteiger partial charge in [0.1, 0.15) is 0 Å².